The molecule has 46 heavy (non-hydrogen) atoms. The summed E-state index contributed by atoms with van der Waals surface area (Å²) >= 11 is 3.84. The lowest BCUT2D eigenvalue weighted by Crippen LogP contribution is -1.91. The maximum Gasteiger partial charge on any atom is 0.0448 e. The molecule has 0 atom stereocenters. The second-order valence-corrected chi connectivity index (χ2v) is 14.2. The molecule has 214 valence electrons. The van der Waals surface area contributed by atoms with E-state index >= 15 is 0 Å². The van der Waals surface area contributed by atoms with Crippen LogP contribution in [0.2, 0.25) is 0 Å². The van der Waals surface area contributed by atoms with Gasteiger partial charge in [-0.3, -0.25) is 0 Å². The first-order valence-electron chi connectivity index (χ1n) is 15.7. The Labute approximate surface area is 274 Å². The van der Waals surface area contributed by atoms with Crippen LogP contribution in [-0.2, 0) is 0 Å². The molecule has 10 rings (SSSR count). The summed E-state index contributed by atoms with van der Waals surface area (Å²) in [4.78, 5) is 1.31. The molecule has 0 saturated carbocycles. The molecule has 0 saturated heterocycles. The zero-order chi connectivity index (χ0) is 30.2. The highest BCUT2D eigenvalue weighted by molar-refractivity contribution is 7.28. The van der Waals surface area contributed by atoms with Crippen molar-refractivity contribution in [2.24, 2.45) is 0 Å². The Bertz CT molecular complexity index is 2740. The van der Waals surface area contributed by atoms with Crippen molar-refractivity contribution in [1.29, 1.82) is 0 Å². The molecule has 0 amide bonds. The number of rotatable bonds is 3. The van der Waals surface area contributed by atoms with Crippen molar-refractivity contribution in [3.05, 3.63) is 158 Å². The highest BCUT2D eigenvalue weighted by Gasteiger charge is 2.22. The monoisotopic (exact) mass is 618 g/mol. The molecule has 2 aromatic heterocycles. The molecule has 0 aliphatic heterocycles. The minimum absolute atomic E-state index is 1.25. The van der Waals surface area contributed by atoms with E-state index in [9.17, 15) is 0 Å². The normalized spacial score (nSPS) is 11.9. The SMILES string of the molecule is c1ccc(-c2cc3c(-c4c5ccccc5c(-c5ccc6ccccc6c5)c5ccccc45)cc4sc5ccccc5c4c3s2)cc1. The molecule has 0 radical (unpaired) electrons. The van der Waals surface area contributed by atoms with Crippen LogP contribution in [-0.4, -0.2) is 0 Å². The van der Waals surface area contributed by atoms with Crippen LogP contribution in [0.4, 0.5) is 0 Å². The fraction of sp³-hybridized carbons (Fsp3) is 0. The van der Waals surface area contributed by atoms with Gasteiger partial charge >= 0.3 is 0 Å². The summed E-state index contributed by atoms with van der Waals surface area (Å²) in [6, 6.07) is 58.3. The summed E-state index contributed by atoms with van der Waals surface area (Å²) in [7, 11) is 0. The van der Waals surface area contributed by atoms with Crippen molar-refractivity contribution in [2.45, 2.75) is 0 Å². The maximum atomic E-state index is 2.48. The molecule has 0 N–H and O–H groups in total. The van der Waals surface area contributed by atoms with Crippen LogP contribution in [0.15, 0.2) is 158 Å². The van der Waals surface area contributed by atoms with E-state index in [0.717, 1.165) is 0 Å². The third-order valence-corrected chi connectivity index (χ3v) is 11.8. The van der Waals surface area contributed by atoms with Crippen molar-refractivity contribution < 1.29 is 0 Å². The van der Waals surface area contributed by atoms with Crippen molar-refractivity contribution in [2.75, 3.05) is 0 Å². The van der Waals surface area contributed by atoms with Crippen molar-refractivity contribution in [3.8, 4) is 32.7 Å². The fourth-order valence-corrected chi connectivity index (χ4v) is 9.88. The summed E-state index contributed by atoms with van der Waals surface area (Å²) < 4.78 is 4.06. The molecule has 0 aliphatic carbocycles. The van der Waals surface area contributed by atoms with E-state index in [4.69, 9.17) is 0 Å². The Morgan fingerprint density at radius 2 is 0.957 bits per heavy atom. The molecule has 2 heteroatoms. The number of thiophene rings is 2. The lowest BCUT2D eigenvalue weighted by Gasteiger charge is -2.18. The van der Waals surface area contributed by atoms with Crippen LogP contribution < -0.4 is 0 Å². The lowest BCUT2D eigenvalue weighted by molar-refractivity contribution is 1.69. The molecule has 2 heterocycles. The van der Waals surface area contributed by atoms with Crippen molar-refractivity contribution in [3.63, 3.8) is 0 Å². The fourth-order valence-electron chi connectivity index (χ4n) is 7.41. The Kier molecular flexibility index (Phi) is 5.72. The summed E-state index contributed by atoms with van der Waals surface area (Å²) in [6.45, 7) is 0. The van der Waals surface area contributed by atoms with E-state index in [-0.39, 0.29) is 0 Å². The van der Waals surface area contributed by atoms with E-state index < -0.39 is 0 Å². The van der Waals surface area contributed by atoms with Crippen molar-refractivity contribution >= 4 is 85.2 Å². The predicted molar refractivity (Wildman–Crippen MR) is 204 cm³/mol. The quantitative estimate of drug-likeness (QED) is 0.173. The molecule has 0 spiro atoms. The first-order valence-corrected chi connectivity index (χ1v) is 17.3. The summed E-state index contributed by atoms with van der Waals surface area (Å²) in [5.74, 6) is 0. The molecule has 0 aliphatic rings. The van der Waals surface area contributed by atoms with Gasteiger partial charge in [-0.2, -0.15) is 0 Å². The van der Waals surface area contributed by atoms with Crippen LogP contribution in [0.5, 0.6) is 0 Å². The molecule has 8 aromatic carbocycles. The lowest BCUT2D eigenvalue weighted by atomic mass is 9.84. The van der Waals surface area contributed by atoms with E-state index in [1.165, 1.54) is 95.3 Å². The second-order valence-electron chi connectivity index (χ2n) is 12.0. The average Bonchev–Trinajstić information content (AvgIpc) is 3.72. The van der Waals surface area contributed by atoms with Gasteiger partial charge in [0.25, 0.3) is 0 Å². The van der Waals surface area contributed by atoms with Gasteiger partial charge in [0.1, 0.15) is 0 Å². The number of hydrogen-bond acceptors (Lipinski definition) is 2. The summed E-state index contributed by atoms with van der Waals surface area (Å²) in [6.07, 6.45) is 0. The minimum atomic E-state index is 1.25. The zero-order valence-electron chi connectivity index (χ0n) is 24.8. The van der Waals surface area contributed by atoms with Gasteiger partial charge in [0.15, 0.2) is 0 Å². The third-order valence-electron chi connectivity index (χ3n) is 9.44. The Balaban J connectivity index is 1.36. The number of benzene rings is 8. The van der Waals surface area contributed by atoms with E-state index in [2.05, 4.69) is 158 Å². The summed E-state index contributed by atoms with van der Waals surface area (Å²) in [5, 5.41) is 11.7. The van der Waals surface area contributed by atoms with Gasteiger partial charge in [0.05, 0.1) is 0 Å². The predicted octanol–water partition coefficient (Wildman–Crippen LogP) is 13.7. The summed E-state index contributed by atoms with van der Waals surface area (Å²) in [5.41, 5.74) is 6.45. The molecular weight excluding hydrogens is 593 g/mol. The molecular formula is C44H26S2. The third kappa shape index (κ3) is 3.84. The maximum absolute atomic E-state index is 2.48. The van der Waals surface area contributed by atoms with E-state index in [0.29, 0.717) is 0 Å². The standard InChI is InChI=1S/C44H26S2/c1-2-13-28(14-3-1)39-26-37-36(25-40-43(44(37)46-39)35-20-10-11-21-38(35)45-40)42-33-18-8-6-16-31(33)41(32-17-7-9-19-34(32)42)30-23-22-27-12-4-5-15-29(27)24-30/h1-26H. The smallest absolute Gasteiger partial charge is 0.0448 e. The highest BCUT2D eigenvalue weighted by Crippen LogP contribution is 2.51. The van der Waals surface area contributed by atoms with Crippen molar-refractivity contribution in [1.82, 2.24) is 0 Å². The van der Waals surface area contributed by atoms with Gasteiger partial charge in [0, 0.05) is 35.1 Å². The van der Waals surface area contributed by atoms with E-state index in [1.807, 2.05) is 22.7 Å². The number of hydrogen-bond donors (Lipinski definition) is 0. The topological polar surface area (TPSA) is 0 Å². The molecule has 10 aromatic rings. The number of fused-ring (bicyclic) bond motifs is 8. The van der Waals surface area contributed by atoms with Gasteiger partial charge in [-0.25, -0.2) is 0 Å². The van der Waals surface area contributed by atoms with Crippen LogP contribution in [0.1, 0.15) is 0 Å². The Morgan fingerprint density at radius 3 is 1.70 bits per heavy atom. The van der Waals surface area contributed by atoms with Gasteiger partial charge in [0.2, 0.25) is 0 Å². The van der Waals surface area contributed by atoms with Crippen LogP contribution in [0.25, 0.3) is 95.3 Å². The largest absolute Gasteiger partial charge is 0.135 e. The van der Waals surface area contributed by atoms with Gasteiger partial charge in [-0.15, -0.1) is 22.7 Å². The molecule has 0 fully saturated rings. The van der Waals surface area contributed by atoms with Crippen LogP contribution in [0.3, 0.4) is 0 Å². The minimum Gasteiger partial charge on any atom is -0.135 e. The highest BCUT2D eigenvalue weighted by atomic mass is 32.1. The van der Waals surface area contributed by atoms with Gasteiger partial charge in [-0.05, 0) is 84.4 Å². The first-order chi connectivity index (χ1) is 22.8. The van der Waals surface area contributed by atoms with Crippen LogP contribution in [0, 0.1) is 0 Å². The second kappa shape index (κ2) is 10.1. The Morgan fingerprint density at radius 1 is 0.348 bits per heavy atom. The molecule has 0 nitrogen and oxygen atoms in total. The van der Waals surface area contributed by atoms with Gasteiger partial charge in [-0.1, -0.05) is 133 Å². The molecule has 0 unspecified atom stereocenters. The average molecular weight is 619 g/mol. The van der Waals surface area contributed by atoms with E-state index in [1.54, 1.807) is 0 Å². The zero-order valence-corrected chi connectivity index (χ0v) is 26.5. The first kappa shape index (κ1) is 26.0. The van der Waals surface area contributed by atoms with Crippen LogP contribution >= 0.6 is 22.7 Å². The van der Waals surface area contributed by atoms with Gasteiger partial charge < -0.3 is 0 Å². The molecule has 0 bridgehead atoms. The Hall–Kier alpha value is -5.28.